The molecule has 3 rings (SSSR count). The highest BCUT2D eigenvalue weighted by molar-refractivity contribution is 5.63. The van der Waals surface area contributed by atoms with Gasteiger partial charge in [-0.2, -0.15) is 18.4 Å². The molecule has 4 N–H and O–H groups in total. The summed E-state index contributed by atoms with van der Waals surface area (Å²) in [4.78, 5) is 0. The molecule has 1 atom stereocenters. The Morgan fingerprint density at radius 2 is 2.03 bits per heavy atom. The fraction of sp³-hybridized carbons (Fsp3) is 0.417. The predicted molar refractivity (Wildman–Crippen MR) is 118 cm³/mol. The number of nitriles is 1. The molecule has 1 unspecified atom stereocenters. The maximum Gasteiger partial charge on any atom is 0.416 e. The van der Waals surface area contributed by atoms with Gasteiger partial charge in [0, 0.05) is 17.7 Å². The van der Waals surface area contributed by atoms with Gasteiger partial charge >= 0.3 is 6.18 Å². The van der Waals surface area contributed by atoms with Crippen molar-refractivity contribution in [3.05, 3.63) is 57.6 Å². The maximum atomic E-state index is 13.9. The number of halogens is 3. The molecule has 0 saturated carbocycles. The normalized spacial score (nSPS) is 17.8. The molecule has 0 aliphatic carbocycles. The van der Waals surface area contributed by atoms with E-state index in [-0.39, 0.29) is 34.4 Å². The molecule has 1 aliphatic rings. The number of allylic oxidation sites excluding steroid dienone is 1. The van der Waals surface area contributed by atoms with Crippen molar-refractivity contribution in [2.75, 3.05) is 13.6 Å². The van der Waals surface area contributed by atoms with Gasteiger partial charge in [0.15, 0.2) is 0 Å². The lowest BCUT2D eigenvalue weighted by Gasteiger charge is -2.41. The molecule has 1 aliphatic heterocycles. The van der Waals surface area contributed by atoms with E-state index in [9.17, 15) is 18.4 Å². The summed E-state index contributed by atoms with van der Waals surface area (Å²) < 4.78 is 47.2. The van der Waals surface area contributed by atoms with Crippen molar-refractivity contribution in [2.24, 2.45) is 11.7 Å². The van der Waals surface area contributed by atoms with Gasteiger partial charge < -0.3 is 15.8 Å². The van der Waals surface area contributed by atoms with E-state index in [1.54, 1.807) is 13.0 Å². The van der Waals surface area contributed by atoms with Gasteiger partial charge in [-0.3, -0.25) is 5.10 Å². The molecule has 0 fully saturated rings. The Bertz CT molecular complexity index is 1180. The number of ether oxygens (including phenoxy) is 1. The van der Waals surface area contributed by atoms with E-state index in [4.69, 9.17) is 10.5 Å². The summed E-state index contributed by atoms with van der Waals surface area (Å²) in [7, 11) is 1.82. The minimum atomic E-state index is -4.60. The maximum absolute atomic E-state index is 13.9. The number of fused-ring (bicyclic) bond motifs is 1. The zero-order valence-electron chi connectivity index (χ0n) is 18.9. The van der Waals surface area contributed by atoms with Crippen LogP contribution in [0.3, 0.4) is 0 Å². The third-order valence-corrected chi connectivity index (χ3v) is 5.81. The number of H-pyrrole nitrogens is 1. The van der Waals surface area contributed by atoms with Crippen molar-refractivity contribution in [2.45, 2.75) is 45.2 Å². The molecule has 0 spiro atoms. The van der Waals surface area contributed by atoms with Gasteiger partial charge in [-0.05, 0) is 56.6 Å². The average molecular weight is 458 g/mol. The van der Waals surface area contributed by atoms with Gasteiger partial charge in [-0.15, -0.1) is 5.10 Å². The lowest BCUT2D eigenvalue weighted by atomic mass is 9.61. The third-order valence-electron chi connectivity index (χ3n) is 5.81. The molecule has 33 heavy (non-hydrogen) atoms. The molecule has 0 amide bonds. The van der Waals surface area contributed by atoms with Crippen LogP contribution in [0.4, 0.5) is 13.2 Å². The van der Waals surface area contributed by atoms with Crippen molar-refractivity contribution in [3.63, 3.8) is 0 Å². The van der Waals surface area contributed by atoms with Crippen molar-refractivity contribution in [1.82, 2.24) is 15.5 Å². The average Bonchev–Trinajstić information content (AvgIpc) is 3.11. The van der Waals surface area contributed by atoms with Crippen LogP contribution >= 0.6 is 0 Å². The van der Waals surface area contributed by atoms with E-state index in [0.717, 1.165) is 25.1 Å². The predicted octanol–water partition coefficient (Wildman–Crippen LogP) is 4.12. The second-order valence-electron chi connectivity index (χ2n) is 8.25. The molecule has 2 heterocycles. The molecule has 1 aromatic carbocycles. The molecule has 9 heteroatoms. The number of hydrogen-bond acceptors (Lipinski definition) is 5. The van der Waals surface area contributed by atoms with Gasteiger partial charge in [0.05, 0.1) is 16.5 Å². The lowest BCUT2D eigenvalue weighted by molar-refractivity contribution is -0.137. The zero-order valence-corrected chi connectivity index (χ0v) is 18.9. The second kappa shape index (κ2) is 9.21. The Kier molecular flexibility index (Phi) is 6.76. The largest absolute Gasteiger partial charge is 0.420 e. The monoisotopic (exact) mass is 457 g/mol. The Hall–Kier alpha value is -3.43. The summed E-state index contributed by atoms with van der Waals surface area (Å²) in [5, 5.41) is 20.0. The van der Waals surface area contributed by atoms with Gasteiger partial charge in [0.2, 0.25) is 11.8 Å². The summed E-state index contributed by atoms with van der Waals surface area (Å²) >= 11 is 0. The highest BCUT2D eigenvalue weighted by atomic mass is 19.4. The minimum Gasteiger partial charge on any atom is -0.420 e. The van der Waals surface area contributed by atoms with Crippen molar-refractivity contribution < 1.29 is 17.9 Å². The fourth-order valence-electron chi connectivity index (χ4n) is 4.37. The standard InChI is InChI=1S/C24H26F3N5O/c1-14(2)23(19(13-28)21(29)33-22-20(23)15(3)31-32-22)17-10-16(8-6-5-7-9-30-4)11-18(12-17)24(25,26)27/h10-12,14,30H,5,7,9,29H2,1-4H3,(H,31,32). The summed E-state index contributed by atoms with van der Waals surface area (Å²) in [6, 6.07) is 5.79. The number of hydrogen-bond donors (Lipinski definition) is 3. The summed E-state index contributed by atoms with van der Waals surface area (Å²) in [6.45, 7) is 6.15. The van der Waals surface area contributed by atoms with Crippen LogP contribution < -0.4 is 15.8 Å². The lowest BCUT2D eigenvalue weighted by Crippen LogP contribution is -2.41. The number of aryl methyl sites for hydroxylation is 1. The van der Waals surface area contributed by atoms with E-state index < -0.39 is 17.2 Å². The number of nitrogens with two attached hydrogens (primary N) is 1. The molecule has 0 radical (unpaired) electrons. The number of nitrogens with one attached hydrogen (secondary N) is 2. The molecule has 6 nitrogen and oxygen atoms in total. The molecular formula is C24H26F3N5O. The van der Waals surface area contributed by atoms with Crippen LogP contribution in [-0.2, 0) is 11.6 Å². The zero-order chi connectivity index (χ0) is 24.4. The van der Waals surface area contributed by atoms with Gasteiger partial charge in [0.1, 0.15) is 11.6 Å². The number of alkyl halides is 3. The van der Waals surface area contributed by atoms with Crippen LogP contribution in [0.5, 0.6) is 5.88 Å². The Labute approximate surface area is 191 Å². The van der Waals surface area contributed by atoms with Gasteiger partial charge in [0.25, 0.3) is 0 Å². The van der Waals surface area contributed by atoms with E-state index in [2.05, 4.69) is 33.4 Å². The summed E-state index contributed by atoms with van der Waals surface area (Å²) in [6.07, 6.45) is -3.28. The van der Waals surface area contributed by atoms with Crippen molar-refractivity contribution in [3.8, 4) is 23.8 Å². The van der Waals surface area contributed by atoms with Crippen LogP contribution in [-0.4, -0.2) is 23.8 Å². The van der Waals surface area contributed by atoms with Gasteiger partial charge in [-0.25, -0.2) is 0 Å². The second-order valence-corrected chi connectivity index (χ2v) is 8.25. The number of nitrogens with zero attached hydrogens (tertiary/aromatic N) is 2. The van der Waals surface area contributed by atoms with Crippen LogP contribution in [0.25, 0.3) is 0 Å². The minimum absolute atomic E-state index is 0.0433. The highest BCUT2D eigenvalue weighted by Gasteiger charge is 2.51. The van der Waals surface area contributed by atoms with Crippen LogP contribution in [0.1, 0.15) is 54.6 Å². The number of aromatic nitrogens is 2. The molecular weight excluding hydrogens is 431 g/mol. The summed E-state index contributed by atoms with van der Waals surface area (Å²) in [5.41, 5.74) is 5.54. The number of unbranched alkanes of at least 4 members (excludes halogenated alkanes) is 1. The van der Waals surface area contributed by atoms with Crippen molar-refractivity contribution >= 4 is 0 Å². The SMILES string of the molecule is CNCCCC#Cc1cc(C(F)(F)F)cc(C2(C(C)C)C(C#N)=C(N)Oc3n[nH]c(C)c32)c1. The molecule has 1 aromatic heterocycles. The highest BCUT2D eigenvalue weighted by Crippen LogP contribution is 2.53. The fourth-order valence-corrected chi connectivity index (χ4v) is 4.37. The first-order valence-corrected chi connectivity index (χ1v) is 10.6. The van der Waals surface area contributed by atoms with Crippen LogP contribution in [0.2, 0.25) is 0 Å². The summed E-state index contributed by atoms with van der Waals surface area (Å²) in [5.74, 6) is 5.42. The first-order valence-electron chi connectivity index (χ1n) is 10.6. The van der Waals surface area contributed by atoms with E-state index >= 15 is 0 Å². The van der Waals surface area contributed by atoms with E-state index in [1.165, 1.54) is 0 Å². The first kappa shape index (κ1) is 24.2. The molecule has 0 saturated heterocycles. The Balaban J connectivity index is 2.33. The number of aromatic amines is 1. The topological polar surface area (TPSA) is 99.8 Å². The Morgan fingerprint density at radius 3 is 2.64 bits per heavy atom. The van der Waals surface area contributed by atoms with Crippen molar-refractivity contribution in [1.29, 1.82) is 5.26 Å². The quantitative estimate of drug-likeness (QED) is 0.463. The van der Waals surface area contributed by atoms with Gasteiger partial charge in [-0.1, -0.05) is 25.7 Å². The third kappa shape index (κ3) is 4.29. The number of rotatable bonds is 5. The first-order chi connectivity index (χ1) is 15.6. The van der Waals surface area contributed by atoms with E-state index in [0.29, 0.717) is 17.7 Å². The van der Waals surface area contributed by atoms with Crippen LogP contribution in [0.15, 0.2) is 29.7 Å². The smallest absolute Gasteiger partial charge is 0.416 e. The molecule has 174 valence electrons. The Morgan fingerprint density at radius 1 is 1.30 bits per heavy atom. The van der Waals surface area contributed by atoms with Crippen LogP contribution in [0, 0.1) is 36.0 Å². The van der Waals surface area contributed by atoms with E-state index in [1.807, 2.05) is 20.9 Å². The number of benzene rings is 1. The molecule has 0 bridgehead atoms. The molecule has 2 aromatic rings.